The van der Waals surface area contributed by atoms with E-state index in [0.29, 0.717) is 18.4 Å². The smallest absolute Gasteiger partial charge is 0.364 e. The number of carbonyl (C=O) groups excluding carboxylic acids is 3. The molecule has 0 bridgehead atoms. The minimum absolute atomic E-state index is 0.0196. The van der Waals surface area contributed by atoms with Crippen LogP contribution in [0.15, 0.2) is 18.2 Å². The van der Waals surface area contributed by atoms with E-state index in [2.05, 4.69) is 5.32 Å². The Morgan fingerprint density at radius 1 is 0.842 bits per heavy atom. The first-order valence-electron chi connectivity index (χ1n) is 13.0. The van der Waals surface area contributed by atoms with Crippen LogP contribution in [-0.4, -0.2) is 40.8 Å². The largest absolute Gasteiger partial charge is 0.477 e. The van der Waals surface area contributed by atoms with Crippen LogP contribution < -0.4 is 14.8 Å². The molecule has 38 heavy (non-hydrogen) atoms. The number of esters is 3. The third-order valence-corrected chi connectivity index (χ3v) is 6.23. The van der Waals surface area contributed by atoms with Crippen molar-refractivity contribution in [3.63, 3.8) is 0 Å². The summed E-state index contributed by atoms with van der Waals surface area (Å²) in [4.78, 5) is 50.9. The highest BCUT2D eigenvalue weighted by atomic mass is 16.6. The van der Waals surface area contributed by atoms with E-state index in [1.807, 2.05) is 13.8 Å². The summed E-state index contributed by atoms with van der Waals surface area (Å²) in [7, 11) is 0. The number of nitrogens with one attached hydrogen (secondary N) is 1. The number of carboxylic acids is 1. The zero-order chi connectivity index (χ0) is 29.7. The molecule has 0 heterocycles. The number of carboxylic acid groups (broad SMARTS) is 1. The lowest BCUT2D eigenvalue weighted by Crippen LogP contribution is -2.60. The molecular formula is C29H45NO8. The van der Waals surface area contributed by atoms with Crippen LogP contribution in [0.3, 0.4) is 0 Å². The van der Waals surface area contributed by atoms with Crippen molar-refractivity contribution < 1.29 is 38.5 Å². The Kier molecular flexibility index (Phi) is 10.7. The molecule has 0 aromatic heterocycles. The summed E-state index contributed by atoms with van der Waals surface area (Å²) in [6.07, 6.45) is 0.761. The highest BCUT2D eigenvalue weighted by Gasteiger charge is 2.46. The monoisotopic (exact) mass is 535 g/mol. The van der Waals surface area contributed by atoms with Gasteiger partial charge in [-0.1, -0.05) is 19.9 Å². The number of carbonyl (C=O) groups is 4. The van der Waals surface area contributed by atoms with Gasteiger partial charge in [0.05, 0.1) is 16.2 Å². The van der Waals surface area contributed by atoms with Gasteiger partial charge in [-0.15, -0.1) is 0 Å². The Labute approximate surface area is 226 Å². The van der Waals surface area contributed by atoms with Crippen LogP contribution in [0.4, 0.5) is 0 Å². The molecule has 2 atom stereocenters. The third-order valence-electron chi connectivity index (χ3n) is 6.23. The van der Waals surface area contributed by atoms with E-state index >= 15 is 0 Å². The van der Waals surface area contributed by atoms with Gasteiger partial charge < -0.3 is 19.3 Å². The molecule has 9 nitrogen and oxygen atoms in total. The number of rotatable bonds is 11. The van der Waals surface area contributed by atoms with Gasteiger partial charge in [-0.2, -0.15) is 0 Å². The molecule has 2 N–H and O–H groups in total. The highest BCUT2D eigenvalue weighted by molar-refractivity contribution is 5.84. The molecule has 0 aliphatic rings. The summed E-state index contributed by atoms with van der Waals surface area (Å²) in [6.45, 7) is 19.0. The summed E-state index contributed by atoms with van der Waals surface area (Å²) in [5.74, 6) is -3.15. The summed E-state index contributed by atoms with van der Waals surface area (Å²) >= 11 is 0. The summed E-state index contributed by atoms with van der Waals surface area (Å²) in [5.41, 5.74) is -4.28. The predicted molar refractivity (Wildman–Crippen MR) is 144 cm³/mol. The molecule has 0 aliphatic heterocycles. The van der Waals surface area contributed by atoms with Crippen LogP contribution >= 0.6 is 0 Å². The Morgan fingerprint density at radius 2 is 1.34 bits per heavy atom. The van der Waals surface area contributed by atoms with Crippen LogP contribution in [-0.2, 0) is 30.3 Å². The maximum absolute atomic E-state index is 13.0. The van der Waals surface area contributed by atoms with Crippen molar-refractivity contribution in [1.29, 1.82) is 0 Å². The van der Waals surface area contributed by atoms with Gasteiger partial charge in [0.1, 0.15) is 0 Å². The second-order valence-electron chi connectivity index (χ2n) is 12.4. The van der Waals surface area contributed by atoms with Gasteiger partial charge in [0.25, 0.3) is 5.72 Å². The zero-order valence-electron chi connectivity index (χ0n) is 24.7. The molecule has 1 unspecified atom stereocenters. The molecular weight excluding hydrogens is 490 g/mol. The topological polar surface area (TPSA) is 128 Å². The first-order valence-corrected chi connectivity index (χ1v) is 13.0. The fourth-order valence-electron chi connectivity index (χ4n) is 2.86. The van der Waals surface area contributed by atoms with E-state index in [1.54, 1.807) is 68.4 Å². The van der Waals surface area contributed by atoms with Gasteiger partial charge in [-0.3, -0.25) is 19.7 Å². The van der Waals surface area contributed by atoms with E-state index in [-0.39, 0.29) is 24.0 Å². The lowest BCUT2D eigenvalue weighted by atomic mass is 9.90. The first-order chi connectivity index (χ1) is 17.2. The maximum Gasteiger partial charge on any atom is 0.364 e. The zero-order valence-corrected chi connectivity index (χ0v) is 24.7. The van der Waals surface area contributed by atoms with E-state index in [4.69, 9.17) is 14.2 Å². The van der Waals surface area contributed by atoms with Crippen molar-refractivity contribution in [2.45, 2.75) is 107 Å². The van der Waals surface area contributed by atoms with Gasteiger partial charge >= 0.3 is 23.9 Å². The van der Waals surface area contributed by atoms with E-state index in [9.17, 15) is 24.3 Å². The van der Waals surface area contributed by atoms with Crippen molar-refractivity contribution in [1.82, 2.24) is 5.32 Å². The summed E-state index contributed by atoms with van der Waals surface area (Å²) in [5, 5.41) is 13.3. The van der Waals surface area contributed by atoms with Crippen LogP contribution in [0.25, 0.3) is 0 Å². The molecule has 0 spiro atoms. The van der Waals surface area contributed by atoms with Crippen molar-refractivity contribution in [3.8, 4) is 11.5 Å². The molecule has 0 radical (unpaired) electrons. The number of hydrogen-bond donors (Lipinski definition) is 2. The summed E-state index contributed by atoms with van der Waals surface area (Å²) < 4.78 is 16.8. The second kappa shape index (κ2) is 12.3. The lowest BCUT2D eigenvalue weighted by molar-refractivity contribution is -0.191. The molecule has 214 valence electrons. The Morgan fingerprint density at radius 3 is 1.76 bits per heavy atom. The third kappa shape index (κ3) is 8.82. The number of hydrogen-bond acceptors (Lipinski definition) is 8. The van der Waals surface area contributed by atoms with E-state index < -0.39 is 45.8 Å². The SMILES string of the molecule is CCC(C)N[C@@](Cc1ccc(OC(=O)C(C)(C)C)c(OC(=O)C(C)(C)C)c1)(OC(=O)C(C)(C)CC)C(=O)O. The Hall–Kier alpha value is -2.94. The van der Waals surface area contributed by atoms with Crippen molar-refractivity contribution >= 4 is 23.9 Å². The maximum atomic E-state index is 13.0. The molecule has 0 aliphatic carbocycles. The predicted octanol–water partition coefficient (Wildman–Crippen LogP) is 5.28. The van der Waals surface area contributed by atoms with E-state index in [1.165, 1.54) is 12.1 Å². The second-order valence-corrected chi connectivity index (χ2v) is 12.4. The normalized spacial score (nSPS) is 14.7. The van der Waals surface area contributed by atoms with Gasteiger partial charge in [0.2, 0.25) is 0 Å². The lowest BCUT2D eigenvalue weighted by Gasteiger charge is -2.35. The molecule has 1 aromatic carbocycles. The number of benzene rings is 1. The fraction of sp³-hybridized carbons (Fsp3) is 0.655. The van der Waals surface area contributed by atoms with Gasteiger partial charge in [0, 0.05) is 12.5 Å². The average molecular weight is 536 g/mol. The standard InChI is InChI=1S/C29H45NO8/c1-12-18(3)30-29(22(31)32,38-25(35)28(10,11)13-2)17-19-14-15-20(36-23(33)26(4,5)6)21(16-19)37-24(34)27(7,8)9/h14-16,18,30H,12-13,17H2,1-11H3,(H,31,32)/t18?,29-/m0/s1. The van der Waals surface area contributed by atoms with Crippen LogP contribution in [0, 0.1) is 16.2 Å². The van der Waals surface area contributed by atoms with Gasteiger partial charge in [-0.25, -0.2) is 4.79 Å². The van der Waals surface area contributed by atoms with Crippen molar-refractivity contribution in [2.24, 2.45) is 16.2 Å². The van der Waals surface area contributed by atoms with Crippen molar-refractivity contribution in [3.05, 3.63) is 23.8 Å². The van der Waals surface area contributed by atoms with Crippen LogP contribution in [0.1, 0.15) is 94.6 Å². The minimum atomic E-state index is -2.09. The minimum Gasteiger partial charge on any atom is -0.477 e. The highest BCUT2D eigenvalue weighted by Crippen LogP contribution is 2.34. The molecule has 1 rings (SSSR count). The molecule has 0 fully saturated rings. The first kappa shape index (κ1) is 33.1. The fourth-order valence-corrected chi connectivity index (χ4v) is 2.86. The molecule has 1 aromatic rings. The van der Waals surface area contributed by atoms with Gasteiger partial charge in [-0.05, 0) is 92.9 Å². The van der Waals surface area contributed by atoms with Crippen LogP contribution in [0.2, 0.25) is 0 Å². The van der Waals surface area contributed by atoms with Crippen LogP contribution in [0.5, 0.6) is 11.5 Å². The molecule has 0 amide bonds. The van der Waals surface area contributed by atoms with Crippen molar-refractivity contribution in [2.75, 3.05) is 0 Å². The molecule has 0 saturated carbocycles. The van der Waals surface area contributed by atoms with E-state index in [0.717, 1.165) is 0 Å². The Bertz CT molecular complexity index is 1030. The summed E-state index contributed by atoms with van der Waals surface area (Å²) in [6, 6.07) is 4.13. The number of aliphatic carboxylic acids is 1. The Balaban J connectivity index is 3.63. The van der Waals surface area contributed by atoms with Gasteiger partial charge in [0.15, 0.2) is 11.5 Å². The average Bonchev–Trinajstić information content (AvgIpc) is 2.78. The molecule has 9 heteroatoms. The quantitative estimate of drug-likeness (QED) is 0.221. The molecule has 0 saturated heterocycles. The number of ether oxygens (including phenoxy) is 3.